The second-order valence-electron chi connectivity index (χ2n) is 7.09. The van der Waals surface area contributed by atoms with Crippen LogP contribution >= 0.6 is 0 Å². The van der Waals surface area contributed by atoms with E-state index in [1.54, 1.807) is 18.9 Å². The van der Waals surface area contributed by atoms with Crippen molar-refractivity contribution in [2.24, 2.45) is 0 Å². The minimum atomic E-state index is -0.275. The van der Waals surface area contributed by atoms with E-state index in [4.69, 9.17) is 4.52 Å². The Morgan fingerprint density at radius 2 is 1.96 bits per heavy atom. The fourth-order valence-electron chi connectivity index (χ4n) is 2.97. The van der Waals surface area contributed by atoms with Crippen LogP contribution in [-0.4, -0.2) is 58.2 Å². The number of likely N-dealkylation sites (tertiary alicyclic amines) is 1. The molecule has 1 aromatic heterocycles. The molecular weight excluding hydrogens is 294 g/mol. The molecule has 0 atom stereocenters. The molecule has 7 nitrogen and oxygen atoms in total. The SMILES string of the molecule is Cc1nc(CN(C)C(=O)NC(C)(C)CN2CCCCCC2)no1. The molecule has 0 saturated carbocycles. The van der Waals surface area contributed by atoms with Crippen LogP contribution < -0.4 is 5.32 Å². The van der Waals surface area contributed by atoms with Crippen LogP contribution in [0.15, 0.2) is 4.52 Å². The first-order chi connectivity index (χ1) is 10.9. The molecule has 0 radical (unpaired) electrons. The lowest BCUT2D eigenvalue weighted by Crippen LogP contribution is -2.54. The molecule has 1 fully saturated rings. The highest BCUT2D eigenvalue weighted by atomic mass is 16.5. The molecule has 2 amide bonds. The third-order valence-corrected chi connectivity index (χ3v) is 4.06. The minimum Gasteiger partial charge on any atom is -0.340 e. The average Bonchev–Trinajstić information content (AvgIpc) is 2.71. The third-order valence-electron chi connectivity index (χ3n) is 4.06. The Morgan fingerprint density at radius 3 is 2.52 bits per heavy atom. The summed E-state index contributed by atoms with van der Waals surface area (Å²) in [6.45, 7) is 9.33. The number of aryl methyl sites for hydroxylation is 1. The lowest BCUT2D eigenvalue weighted by molar-refractivity contribution is 0.173. The number of carbonyl (C=O) groups is 1. The van der Waals surface area contributed by atoms with Crippen molar-refractivity contribution in [1.82, 2.24) is 25.3 Å². The van der Waals surface area contributed by atoms with Crippen LogP contribution in [0.5, 0.6) is 0 Å². The van der Waals surface area contributed by atoms with Gasteiger partial charge in [0.2, 0.25) is 5.89 Å². The standard InChI is InChI=1S/C16H29N5O2/c1-13-17-14(19-23-13)11-20(4)15(22)18-16(2,3)12-21-9-7-5-6-8-10-21/h5-12H2,1-4H3,(H,18,22). The van der Waals surface area contributed by atoms with Crippen LogP contribution in [-0.2, 0) is 6.54 Å². The Bertz CT molecular complexity index is 506. The Kier molecular flexibility index (Phi) is 5.98. The molecule has 0 spiro atoms. The number of carbonyl (C=O) groups excluding carboxylic acids is 1. The van der Waals surface area contributed by atoms with Gasteiger partial charge in [0.1, 0.15) is 0 Å². The number of hydrogen-bond donors (Lipinski definition) is 1. The summed E-state index contributed by atoms with van der Waals surface area (Å²) in [5.74, 6) is 1.03. The molecule has 130 valence electrons. The van der Waals surface area contributed by atoms with E-state index in [9.17, 15) is 4.79 Å². The molecule has 23 heavy (non-hydrogen) atoms. The highest BCUT2D eigenvalue weighted by molar-refractivity contribution is 5.74. The Balaban J connectivity index is 1.83. The molecule has 7 heteroatoms. The van der Waals surface area contributed by atoms with E-state index in [0.29, 0.717) is 18.3 Å². The van der Waals surface area contributed by atoms with Crippen LogP contribution in [0.4, 0.5) is 4.79 Å². The van der Waals surface area contributed by atoms with Crippen molar-refractivity contribution >= 4 is 6.03 Å². The van der Waals surface area contributed by atoms with Gasteiger partial charge in [-0.2, -0.15) is 4.98 Å². The van der Waals surface area contributed by atoms with Crippen molar-refractivity contribution in [2.75, 3.05) is 26.7 Å². The Labute approximate surface area is 138 Å². The summed E-state index contributed by atoms with van der Waals surface area (Å²) in [5.41, 5.74) is -0.275. The predicted octanol–water partition coefficient (Wildman–Crippen LogP) is 2.17. The molecule has 1 aliphatic rings. The van der Waals surface area contributed by atoms with Crippen LogP contribution in [0.1, 0.15) is 51.2 Å². The van der Waals surface area contributed by atoms with Gasteiger partial charge in [0.15, 0.2) is 5.82 Å². The molecule has 1 N–H and O–H groups in total. The molecule has 1 aliphatic heterocycles. The highest BCUT2D eigenvalue weighted by Crippen LogP contribution is 2.14. The number of rotatable bonds is 5. The summed E-state index contributed by atoms with van der Waals surface area (Å²) in [6.07, 6.45) is 5.13. The van der Waals surface area contributed by atoms with E-state index >= 15 is 0 Å². The van der Waals surface area contributed by atoms with Gasteiger partial charge in [-0.1, -0.05) is 18.0 Å². The summed E-state index contributed by atoms with van der Waals surface area (Å²) < 4.78 is 4.93. The largest absolute Gasteiger partial charge is 0.340 e. The van der Waals surface area contributed by atoms with Crippen LogP contribution in [0, 0.1) is 6.92 Å². The van der Waals surface area contributed by atoms with Gasteiger partial charge >= 0.3 is 6.03 Å². The normalized spacial score (nSPS) is 16.9. The molecule has 1 aromatic rings. The van der Waals surface area contributed by atoms with Gasteiger partial charge in [-0.05, 0) is 39.8 Å². The van der Waals surface area contributed by atoms with Crippen LogP contribution in [0.25, 0.3) is 0 Å². The molecule has 0 aromatic carbocycles. The molecule has 0 unspecified atom stereocenters. The van der Waals surface area contributed by atoms with Crippen molar-refractivity contribution in [3.05, 3.63) is 11.7 Å². The number of amides is 2. The predicted molar refractivity (Wildman–Crippen MR) is 88.0 cm³/mol. The summed E-state index contributed by atoms with van der Waals surface area (Å²) in [4.78, 5) is 20.5. The zero-order valence-electron chi connectivity index (χ0n) is 14.8. The molecule has 2 rings (SSSR count). The second-order valence-corrected chi connectivity index (χ2v) is 7.09. The van der Waals surface area contributed by atoms with E-state index in [1.165, 1.54) is 25.7 Å². The molecule has 2 heterocycles. The van der Waals surface area contributed by atoms with Gasteiger partial charge in [-0.15, -0.1) is 0 Å². The van der Waals surface area contributed by atoms with E-state index in [1.807, 2.05) is 0 Å². The number of urea groups is 1. The summed E-state index contributed by atoms with van der Waals surface area (Å²) in [6, 6.07) is -0.118. The molecule has 0 aliphatic carbocycles. The number of hydrogen-bond acceptors (Lipinski definition) is 5. The van der Waals surface area contributed by atoms with Crippen LogP contribution in [0.2, 0.25) is 0 Å². The highest BCUT2D eigenvalue weighted by Gasteiger charge is 2.26. The lowest BCUT2D eigenvalue weighted by atomic mass is 10.0. The topological polar surface area (TPSA) is 74.5 Å². The molecular formula is C16H29N5O2. The van der Waals surface area contributed by atoms with E-state index in [-0.39, 0.29) is 11.6 Å². The first-order valence-corrected chi connectivity index (χ1v) is 8.40. The van der Waals surface area contributed by atoms with Gasteiger partial charge in [0.25, 0.3) is 0 Å². The zero-order valence-corrected chi connectivity index (χ0v) is 14.8. The lowest BCUT2D eigenvalue weighted by Gasteiger charge is -2.34. The van der Waals surface area contributed by atoms with Crippen molar-refractivity contribution in [1.29, 1.82) is 0 Å². The maximum atomic E-state index is 12.4. The van der Waals surface area contributed by atoms with E-state index in [0.717, 1.165) is 19.6 Å². The van der Waals surface area contributed by atoms with Crippen LogP contribution in [0.3, 0.4) is 0 Å². The van der Waals surface area contributed by atoms with Gasteiger partial charge < -0.3 is 19.6 Å². The quantitative estimate of drug-likeness (QED) is 0.899. The number of nitrogens with zero attached hydrogens (tertiary/aromatic N) is 4. The van der Waals surface area contributed by atoms with Gasteiger partial charge in [0.05, 0.1) is 6.54 Å². The Hall–Kier alpha value is -1.63. The second kappa shape index (κ2) is 7.77. The maximum Gasteiger partial charge on any atom is 0.318 e. The summed E-state index contributed by atoms with van der Waals surface area (Å²) in [7, 11) is 1.74. The van der Waals surface area contributed by atoms with Crippen molar-refractivity contribution in [2.45, 2.75) is 58.5 Å². The van der Waals surface area contributed by atoms with Crippen molar-refractivity contribution in [3.63, 3.8) is 0 Å². The zero-order chi connectivity index (χ0) is 16.9. The van der Waals surface area contributed by atoms with Crippen molar-refractivity contribution < 1.29 is 9.32 Å². The van der Waals surface area contributed by atoms with Gasteiger partial charge in [-0.25, -0.2) is 4.79 Å². The average molecular weight is 323 g/mol. The maximum absolute atomic E-state index is 12.4. The van der Waals surface area contributed by atoms with Gasteiger partial charge in [-0.3, -0.25) is 0 Å². The van der Waals surface area contributed by atoms with Crippen molar-refractivity contribution in [3.8, 4) is 0 Å². The fraction of sp³-hybridized carbons (Fsp3) is 0.812. The number of aromatic nitrogens is 2. The Morgan fingerprint density at radius 1 is 1.30 bits per heavy atom. The monoisotopic (exact) mass is 323 g/mol. The minimum absolute atomic E-state index is 0.118. The fourth-order valence-corrected chi connectivity index (χ4v) is 2.97. The molecule has 1 saturated heterocycles. The third kappa shape index (κ3) is 5.82. The first-order valence-electron chi connectivity index (χ1n) is 8.40. The summed E-state index contributed by atoms with van der Waals surface area (Å²) >= 11 is 0. The number of nitrogens with one attached hydrogen (secondary N) is 1. The summed E-state index contributed by atoms with van der Waals surface area (Å²) in [5, 5.41) is 6.93. The van der Waals surface area contributed by atoms with Gasteiger partial charge in [0, 0.05) is 26.1 Å². The smallest absolute Gasteiger partial charge is 0.318 e. The van der Waals surface area contributed by atoms with E-state index in [2.05, 4.69) is 34.2 Å². The van der Waals surface area contributed by atoms with E-state index < -0.39 is 0 Å². The molecule has 0 bridgehead atoms. The first kappa shape index (κ1) is 17.7.